The van der Waals surface area contributed by atoms with Gasteiger partial charge in [0.15, 0.2) is 0 Å². The first-order valence-electron chi connectivity index (χ1n) is 8.02. The van der Waals surface area contributed by atoms with Crippen molar-refractivity contribution in [2.45, 2.75) is 25.3 Å². The molecule has 1 unspecified atom stereocenters. The Kier molecular flexibility index (Phi) is 4.85. The van der Waals surface area contributed by atoms with Crippen LogP contribution in [0.2, 0.25) is 0 Å². The highest BCUT2D eigenvalue weighted by Crippen LogP contribution is 2.30. The number of hydrogen-bond donors (Lipinski definition) is 1. The van der Waals surface area contributed by atoms with Gasteiger partial charge in [0.25, 0.3) is 11.8 Å². The van der Waals surface area contributed by atoms with Gasteiger partial charge in [-0.05, 0) is 36.6 Å². The van der Waals surface area contributed by atoms with E-state index in [0.717, 1.165) is 4.90 Å². The summed E-state index contributed by atoms with van der Waals surface area (Å²) < 4.78 is 5.49. The number of rotatable bonds is 6. The maximum absolute atomic E-state index is 12.6. The molecule has 0 bridgehead atoms. The fourth-order valence-corrected chi connectivity index (χ4v) is 2.91. The molecule has 1 atom stereocenters. The lowest BCUT2D eigenvalue weighted by Crippen LogP contribution is -2.54. The SMILES string of the molecule is [N-]=[N+]=NCCCOc1ccc2c(c1)C(=O)N(C1CCC(=O)NC1=O)C2=O. The van der Waals surface area contributed by atoms with Gasteiger partial charge in [-0.15, -0.1) is 0 Å². The van der Waals surface area contributed by atoms with Gasteiger partial charge in [-0.25, -0.2) is 0 Å². The number of piperidine rings is 1. The number of nitrogens with zero attached hydrogens (tertiary/aromatic N) is 4. The van der Waals surface area contributed by atoms with E-state index in [1.807, 2.05) is 0 Å². The van der Waals surface area contributed by atoms with Crippen molar-refractivity contribution in [1.29, 1.82) is 0 Å². The summed E-state index contributed by atoms with van der Waals surface area (Å²) in [5.74, 6) is -1.81. The van der Waals surface area contributed by atoms with Crippen LogP contribution in [-0.2, 0) is 9.59 Å². The number of amides is 4. The summed E-state index contributed by atoms with van der Waals surface area (Å²) in [6, 6.07) is 3.50. The van der Waals surface area contributed by atoms with Gasteiger partial charge in [0.05, 0.1) is 17.7 Å². The van der Waals surface area contributed by atoms with Gasteiger partial charge in [0, 0.05) is 17.9 Å². The third-order valence-corrected chi connectivity index (χ3v) is 4.15. The molecule has 1 fully saturated rings. The second-order valence-electron chi connectivity index (χ2n) is 5.81. The third-order valence-electron chi connectivity index (χ3n) is 4.15. The van der Waals surface area contributed by atoms with E-state index in [1.165, 1.54) is 12.1 Å². The second kappa shape index (κ2) is 7.24. The van der Waals surface area contributed by atoms with E-state index in [1.54, 1.807) is 6.07 Å². The predicted molar refractivity (Wildman–Crippen MR) is 87.2 cm³/mol. The van der Waals surface area contributed by atoms with Gasteiger partial charge < -0.3 is 4.74 Å². The summed E-state index contributed by atoms with van der Waals surface area (Å²) in [7, 11) is 0. The highest BCUT2D eigenvalue weighted by Gasteiger charge is 2.44. The normalized spacial score (nSPS) is 19.1. The molecule has 1 N–H and O–H groups in total. The van der Waals surface area contributed by atoms with Crippen molar-refractivity contribution >= 4 is 23.6 Å². The molecule has 2 aliphatic heterocycles. The van der Waals surface area contributed by atoms with Gasteiger partial charge in [-0.3, -0.25) is 29.4 Å². The van der Waals surface area contributed by atoms with E-state index in [9.17, 15) is 19.2 Å². The summed E-state index contributed by atoms with van der Waals surface area (Å²) in [5.41, 5.74) is 8.56. The molecule has 10 heteroatoms. The minimum atomic E-state index is -0.992. The monoisotopic (exact) mass is 357 g/mol. The van der Waals surface area contributed by atoms with Crippen molar-refractivity contribution in [1.82, 2.24) is 10.2 Å². The Labute approximate surface area is 147 Å². The summed E-state index contributed by atoms with van der Waals surface area (Å²) in [6.07, 6.45) is 0.693. The van der Waals surface area contributed by atoms with Crippen molar-refractivity contribution in [2.75, 3.05) is 13.2 Å². The number of fused-ring (bicyclic) bond motifs is 1. The number of imide groups is 2. The first kappa shape index (κ1) is 17.4. The zero-order chi connectivity index (χ0) is 18.7. The molecule has 0 radical (unpaired) electrons. The first-order valence-corrected chi connectivity index (χ1v) is 8.02. The quantitative estimate of drug-likeness (QED) is 0.267. The van der Waals surface area contributed by atoms with E-state index in [0.29, 0.717) is 18.7 Å². The average molecular weight is 357 g/mol. The lowest BCUT2D eigenvalue weighted by atomic mass is 10.0. The highest BCUT2D eigenvalue weighted by molar-refractivity contribution is 6.23. The van der Waals surface area contributed by atoms with E-state index in [-0.39, 0.29) is 30.6 Å². The molecule has 0 spiro atoms. The molecule has 10 nitrogen and oxygen atoms in total. The Bertz CT molecular complexity index is 845. The molecule has 3 rings (SSSR count). The number of carbonyl (C=O) groups is 4. The molecule has 1 saturated heterocycles. The number of nitrogens with one attached hydrogen (secondary N) is 1. The highest BCUT2D eigenvalue weighted by atomic mass is 16.5. The topological polar surface area (TPSA) is 142 Å². The number of ether oxygens (including phenoxy) is 1. The molecule has 0 aliphatic carbocycles. The molecular weight excluding hydrogens is 342 g/mol. The van der Waals surface area contributed by atoms with Gasteiger partial charge >= 0.3 is 0 Å². The Morgan fingerprint density at radius 3 is 2.73 bits per heavy atom. The van der Waals surface area contributed by atoms with Crippen LogP contribution in [0.1, 0.15) is 40.0 Å². The van der Waals surface area contributed by atoms with Crippen molar-refractivity contribution in [3.63, 3.8) is 0 Å². The Balaban J connectivity index is 1.74. The first-order chi connectivity index (χ1) is 12.5. The standard InChI is InChI=1S/C16H15N5O5/c17-20-18-6-1-7-26-9-2-3-10-11(8-9)16(25)21(15(10)24)12-4-5-13(22)19-14(12)23/h2-3,8,12H,1,4-7H2,(H,19,22,23). The van der Waals surface area contributed by atoms with Crippen molar-refractivity contribution in [2.24, 2.45) is 5.11 Å². The molecule has 26 heavy (non-hydrogen) atoms. The van der Waals surface area contributed by atoms with Crippen LogP contribution in [0.3, 0.4) is 0 Å². The van der Waals surface area contributed by atoms with Gasteiger partial charge in [-0.1, -0.05) is 5.11 Å². The molecule has 1 aromatic rings. The summed E-state index contributed by atoms with van der Waals surface area (Å²) in [4.78, 5) is 52.0. The van der Waals surface area contributed by atoms with Crippen molar-refractivity contribution in [3.05, 3.63) is 39.8 Å². The molecule has 2 heterocycles. The fourth-order valence-electron chi connectivity index (χ4n) is 2.91. The molecule has 0 saturated carbocycles. The zero-order valence-electron chi connectivity index (χ0n) is 13.7. The lowest BCUT2D eigenvalue weighted by molar-refractivity contribution is -0.136. The summed E-state index contributed by atoms with van der Waals surface area (Å²) >= 11 is 0. The average Bonchev–Trinajstić information content (AvgIpc) is 2.86. The van der Waals surface area contributed by atoms with Crippen LogP contribution in [0.5, 0.6) is 5.75 Å². The summed E-state index contributed by atoms with van der Waals surface area (Å²) in [6.45, 7) is 0.582. The Hall–Kier alpha value is -3.39. The van der Waals surface area contributed by atoms with Gasteiger partial charge in [0.2, 0.25) is 11.8 Å². The van der Waals surface area contributed by atoms with Crippen LogP contribution in [0.4, 0.5) is 0 Å². The third kappa shape index (κ3) is 3.22. The zero-order valence-corrected chi connectivity index (χ0v) is 13.7. The minimum absolute atomic E-state index is 0.0728. The van der Waals surface area contributed by atoms with Crippen LogP contribution in [0, 0.1) is 0 Å². The molecule has 4 amide bonds. The largest absolute Gasteiger partial charge is 0.494 e. The Morgan fingerprint density at radius 2 is 2.00 bits per heavy atom. The van der Waals surface area contributed by atoms with Crippen molar-refractivity contribution in [3.8, 4) is 5.75 Å². The molecule has 134 valence electrons. The van der Waals surface area contributed by atoms with Crippen LogP contribution < -0.4 is 10.1 Å². The number of benzene rings is 1. The lowest BCUT2D eigenvalue weighted by Gasteiger charge is -2.27. The molecular formula is C16H15N5O5. The number of carbonyl (C=O) groups excluding carboxylic acids is 4. The number of hydrogen-bond acceptors (Lipinski definition) is 6. The maximum Gasteiger partial charge on any atom is 0.262 e. The van der Waals surface area contributed by atoms with Crippen LogP contribution in [0.15, 0.2) is 23.3 Å². The molecule has 2 aliphatic rings. The van der Waals surface area contributed by atoms with E-state index in [2.05, 4.69) is 15.3 Å². The number of azide groups is 1. The second-order valence-corrected chi connectivity index (χ2v) is 5.81. The van der Waals surface area contributed by atoms with Gasteiger partial charge in [0.1, 0.15) is 11.8 Å². The van der Waals surface area contributed by atoms with Crippen molar-refractivity contribution < 1.29 is 23.9 Å². The molecule has 1 aromatic carbocycles. The molecule has 0 aromatic heterocycles. The van der Waals surface area contributed by atoms with Crippen LogP contribution >= 0.6 is 0 Å². The van der Waals surface area contributed by atoms with E-state index >= 15 is 0 Å². The smallest absolute Gasteiger partial charge is 0.262 e. The van der Waals surface area contributed by atoms with Crippen LogP contribution in [-0.4, -0.2) is 47.7 Å². The Morgan fingerprint density at radius 1 is 1.23 bits per heavy atom. The van der Waals surface area contributed by atoms with E-state index in [4.69, 9.17) is 10.3 Å². The van der Waals surface area contributed by atoms with Gasteiger partial charge in [-0.2, -0.15) is 0 Å². The van der Waals surface area contributed by atoms with E-state index < -0.39 is 29.7 Å². The maximum atomic E-state index is 12.6. The fraction of sp³-hybridized carbons (Fsp3) is 0.375. The minimum Gasteiger partial charge on any atom is -0.494 e. The van der Waals surface area contributed by atoms with Crippen LogP contribution in [0.25, 0.3) is 10.4 Å². The summed E-state index contributed by atoms with van der Waals surface area (Å²) in [5, 5.41) is 5.54. The predicted octanol–water partition coefficient (Wildman–Crippen LogP) is 1.17.